The molecule has 41 heavy (non-hydrogen) atoms. The van der Waals surface area contributed by atoms with Gasteiger partial charge in [0.15, 0.2) is 0 Å². The number of H-pyrrole nitrogens is 1. The lowest BCUT2D eigenvalue weighted by molar-refractivity contribution is -0.137. The van der Waals surface area contributed by atoms with Crippen LogP contribution in [0.25, 0.3) is 32.6 Å². The smallest absolute Gasteiger partial charge is 0.375 e. The number of carbonyl (C=O) groups is 1. The average Bonchev–Trinajstić information content (AvgIpc) is 3.34. The summed E-state index contributed by atoms with van der Waals surface area (Å²) >= 11 is 0. The third-order valence-corrected chi connectivity index (χ3v) is 7.43. The number of nitrogens with two attached hydrogens (primary N) is 1. The van der Waals surface area contributed by atoms with Gasteiger partial charge in [-0.1, -0.05) is 6.07 Å². The van der Waals surface area contributed by atoms with Gasteiger partial charge in [-0.2, -0.15) is 13.2 Å². The standard InChI is InChI=1S/C30H29F3N6O2/c31-30(32,33)20-4-6-26-19(11-20)12-21(37-26)14-35-8-1-2-10-41-22-16-39(17-22)29-24-7-9-36-15-25(24)23-5-3-18(28(34)40)13-27(23)38-29/h3-7,9,11-13,15,22,35,37H,1-2,8,10,14,16-17H2,(H2,34,40). The first-order valence-corrected chi connectivity index (χ1v) is 13.5. The number of anilines is 1. The van der Waals surface area contributed by atoms with Crippen LogP contribution in [0, 0.1) is 0 Å². The number of fused-ring (bicyclic) bond motifs is 4. The maximum absolute atomic E-state index is 12.9. The monoisotopic (exact) mass is 562 g/mol. The molecule has 0 atom stereocenters. The number of carbonyl (C=O) groups excluding carboxylic acids is 1. The molecular formula is C30H29F3N6O2. The normalized spacial score (nSPS) is 14.3. The van der Waals surface area contributed by atoms with E-state index in [2.05, 4.69) is 20.2 Å². The average molecular weight is 563 g/mol. The zero-order valence-corrected chi connectivity index (χ0v) is 22.2. The molecule has 1 fully saturated rings. The molecule has 0 unspecified atom stereocenters. The van der Waals surface area contributed by atoms with Crippen LogP contribution in [0.5, 0.6) is 0 Å². The fourth-order valence-electron chi connectivity index (χ4n) is 5.23. The fourth-order valence-corrected chi connectivity index (χ4v) is 5.23. The van der Waals surface area contributed by atoms with Crippen LogP contribution in [-0.4, -0.2) is 53.2 Å². The van der Waals surface area contributed by atoms with Crippen molar-refractivity contribution in [2.45, 2.75) is 31.7 Å². The first-order valence-electron chi connectivity index (χ1n) is 13.5. The van der Waals surface area contributed by atoms with Gasteiger partial charge in [0.05, 0.1) is 17.2 Å². The van der Waals surface area contributed by atoms with Crippen LogP contribution in [0.1, 0.15) is 34.5 Å². The highest BCUT2D eigenvalue weighted by atomic mass is 19.4. The Morgan fingerprint density at radius 3 is 2.73 bits per heavy atom. The van der Waals surface area contributed by atoms with Crippen molar-refractivity contribution in [2.24, 2.45) is 5.73 Å². The summed E-state index contributed by atoms with van der Waals surface area (Å²) in [5, 5.41) is 6.78. The number of amides is 1. The minimum absolute atomic E-state index is 0.113. The number of aromatic amines is 1. The van der Waals surface area contributed by atoms with E-state index in [4.69, 9.17) is 15.5 Å². The quantitative estimate of drug-likeness (QED) is 0.160. The van der Waals surface area contributed by atoms with E-state index in [1.807, 2.05) is 18.3 Å². The predicted molar refractivity (Wildman–Crippen MR) is 152 cm³/mol. The number of pyridine rings is 2. The van der Waals surface area contributed by atoms with Crippen molar-refractivity contribution < 1.29 is 22.7 Å². The number of primary amides is 1. The summed E-state index contributed by atoms with van der Waals surface area (Å²) in [6.07, 6.45) is 1.14. The molecule has 4 N–H and O–H groups in total. The summed E-state index contributed by atoms with van der Waals surface area (Å²) < 4.78 is 44.9. The van der Waals surface area contributed by atoms with E-state index in [-0.39, 0.29) is 6.10 Å². The topological polar surface area (TPSA) is 109 Å². The number of unbranched alkanes of at least 4 members (excludes halogenated alkanes) is 1. The van der Waals surface area contributed by atoms with Crippen molar-refractivity contribution in [1.29, 1.82) is 0 Å². The largest absolute Gasteiger partial charge is 0.416 e. The van der Waals surface area contributed by atoms with Gasteiger partial charge in [-0.05, 0) is 61.9 Å². The van der Waals surface area contributed by atoms with Crippen LogP contribution in [0.15, 0.2) is 60.9 Å². The van der Waals surface area contributed by atoms with Crippen LogP contribution in [0.4, 0.5) is 19.0 Å². The summed E-state index contributed by atoms with van der Waals surface area (Å²) in [6, 6.07) is 12.7. The Hall–Kier alpha value is -4.22. The summed E-state index contributed by atoms with van der Waals surface area (Å²) in [5.41, 5.74) is 7.49. The van der Waals surface area contributed by atoms with Gasteiger partial charge in [0.1, 0.15) is 5.82 Å². The number of halogens is 3. The van der Waals surface area contributed by atoms with Gasteiger partial charge in [0, 0.05) is 77.0 Å². The number of aromatic nitrogens is 3. The molecule has 11 heteroatoms. The number of nitrogens with one attached hydrogen (secondary N) is 2. The van der Waals surface area contributed by atoms with Gasteiger partial charge in [0.25, 0.3) is 0 Å². The zero-order chi connectivity index (χ0) is 28.6. The molecule has 1 aliphatic heterocycles. The second-order valence-corrected chi connectivity index (χ2v) is 10.3. The summed E-state index contributed by atoms with van der Waals surface area (Å²) in [7, 11) is 0. The van der Waals surface area contributed by atoms with E-state index in [1.54, 1.807) is 24.4 Å². The van der Waals surface area contributed by atoms with Crippen LogP contribution in [0.2, 0.25) is 0 Å². The van der Waals surface area contributed by atoms with Crippen LogP contribution in [-0.2, 0) is 17.5 Å². The third kappa shape index (κ3) is 5.68. The SMILES string of the molecule is NC(=O)c1ccc2c(c1)nc(N1CC(OCCCCNCc3cc4cc(C(F)(F)F)ccc4[nH]3)C1)c1ccncc12. The van der Waals surface area contributed by atoms with Gasteiger partial charge < -0.3 is 25.7 Å². The number of alkyl halides is 3. The fraction of sp³-hybridized carbons (Fsp3) is 0.300. The Labute approximate surface area is 233 Å². The lowest BCUT2D eigenvalue weighted by Gasteiger charge is -2.40. The predicted octanol–water partition coefficient (Wildman–Crippen LogP) is 5.16. The van der Waals surface area contributed by atoms with Crippen LogP contribution in [0.3, 0.4) is 0 Å². The van der Waals surface area contributed by atoms with Gasteiger partial charge >= 0.3 is 6.18 Å². The minimum Gasteiger partial charge on any atom is -0.375 e. The van der Waals surface area contributed by atoms with E-state index in [9.17, 15) is 18.0 Å². The molecule has 212 valence electrons. The van der Waals surface area contributed by atoms with Crippen LogP contribution < -0.4 is 16.0 Å². The Kier molecular flexibility index (Phi) is 7.22. The Bertz CT molecular complexity index is 1730. The van der Waals surface area contributed by atoms with Crippen molar-refractivity contribution in [3.63, 3.8) is 0 Å². The molecule has 1 saturated heterocycles. The molecule has 5 aromatic rings. The van der Waals surface area contributed by atoms with Crippen molar-refractivity contribution >= 4 is 44.3 Å². The number of hydrogen-bond donors (Lipinski definition) is 3. The Balaban J connectivity index is 0.961. The van der Waals surface area contributed by atoms with Crippen LogP contribution >= 0.6 is 0 Å². The first kappa shape index (κ1) is 27.0. The molecule has 1 aliphatic rings. The molecular weight excluding hydrogens is 533 g/mol. The van der Waals surface area contributed by atoms with E-state index in [0.29, 0.717) is 35.1 Å². The molecule has 0 radical (unpaired) electrons. The van der Waals surface area contributed by atoms with Gasteiger partial charge in [-0.25, -0.2) is 4.98 Å². The van der Waals surface area contributed by atoms with Crippen molar-refractivity contribution in [1.82, 2.24) is 20.3 Å². The summed E-state index contributed by atoms with van der Waals surface area (Å²) in [4.78, 5) is 26.2. The molecule has 0 spiro atoms. The molecule has 0 aliphatic carbocycles. The second-order valence-electron chi connectivity index (χ2n) is 10.3. The van der Waals surface area contributed by atoms with E-state index in [1.165, 1.54) is 12.1 Å². The molecule has 0 saturated carbocycles. The maximum atomic E-state index is 12.9. The summed E-state index contributed by atoms with van der Waals surface area (Å²) in [5.74, 6) is 0.349. The van der Waals surface area contributed by atoms with Crippen molar-refractivity contribution in [2.75, 3.05) is 31.1 Å². The van der Waals surface area contributed by atoms with E-state index in [0.717, 1.165) is 66.2 Å². The number of hydrogen-bond acceptors (Lipinski definition) is 6. The van der Waals surface area contributed by atoms with E-state index >= 15 is 0 Å². The number of rotatable bonds is 10. The number of ether oxygens (including phenoxy) is 1. The molecule has 0 bridgehead atoms. The minimum atomic E-state index is -4.35. The first-order chi connectivity index (χ1) is 19.8. The molecule has 4 heterocycles. The zero-order valence-electron chi connectivity index (χ0n) is 22.2. The lowest BCUT2D eigenvalue weighted by Crippen LogP contribution is -2.52. The lowest BCUT2D eigenvalue weighted by atomic mass is 10.0. The summed E-state index contributed by atoms with van der Waals surface area (Å²) in [6.45, 7) is 3.42. The van der Waals surface area contributed by atoms with Gasteiger partial charge in [-0.3, -0.25) is 9.78 Å². The molecule has 8 nitrogen and oxygen atoms in total. The van der Waals surface area contributed by atoms with Crippen molar-refractivity contribution in [3.05, 3.63) is 77.7 Å². The van der Waals surface area contributed by atoms with Gasteiger partial charge in [-0.15, -0.1) is 0 Å². The second kappa shape index (κ2) is 11.0. The molecule has 6 rings (SSSR count). The maximum Gasteiger partial charge on any atom is 0.416 e. The number of nitrogens with zero attached hydrogens (tertiary/aromatic N) is 3. The van der Waals surface area contributed by atoms with Gasteiger partial charge in [0.2, 0.25) is 5.91 Å². The number of benzene rings is 2. The molecule has 2 aromatic carbocycles. The molecule has 3 aromatic heterocycles. The highest BCUT2D eigenvalue weighted by molar-refractivity contribution is 6.11. The molecule has 1 amide bonds. The van der Waals surface area contributed by atoms with Crippen molar-refractivity contribution in [3.8, 4) is 0 Å². The highest BCUT2D eigenvalue weighted by Crippen LogP contribution is 2.34. The highest BCUT2D eigenvalue weighted by Gasteiger charge is 2.31. The third-order valence-electron chi connectivity index (χ3n) is 7.43. The Morgan fingerprint density at radius 1 is 1.07 bits per heavy atom. The van der Waals surface area contributed by atoms with E-state index < -0.39 is 17.6 Å². The Morgan fingerprint density at radius 2 is 1.93 bits per heavy atom.